The van der Waals surface area contributed by atoms with E-state index in [0.717, 1.165) is 13.0 Å². The Morgan fingerprint density at radius 2 is 2.30 bits per heavy atom. The van der Waals surface area contributed by atoms with Crippen LogP contribution in [0.25, 0.3) is 0 Å². The lowest BCUT2D eigenvalue weighted by molar-refractivity contribution is -0.465. The van der Waals surface area contributed by atoms with E-state index in [9.17, 15) is 0 Å². The lowest BCUT2D eigenvalue weighted by Crippen LogP contribution is -2.35. The van der Waals surface area contributed by atoms with Crippen molar-refractivity contribution in [1.82, 2.24) is 0 Å². The van der Waals surface area contributed by atoms with Crippen molar-refractivity contribution in [2.75, 3.05) is 6.54 Å². The first kappa shape index (κ1) is 7.12. The summed E-state index contributed by atoms with van der Waals surface area (Å²) in [7, 11) is 0. The van der Waals surface area contributed by atoms with Gasteiger partial charge in [0.1, 0.15) is 0 Å². The van der Waals surface area contributed by atoms with Crippen LogP contribution < -0.4 is 11.5 Å². The second kappa shape index (κ2) is 2.73. The van der Waals surface area contributed by atoms with Gasteiger partial charge in [-0.1, -0.05) is 6.92 Å². The molecule has 0 spiro atoms. The van der Waals surface area contributed by atoms with Gasteiger partial charge in [-0.15, -0.1) is 0 Å². The fraction of sp³-hybridized carbons (Fsp3) is 0.571. The standard InChI is InChI=1S/C7H13N3/c1-6-2-4-10(5-3-6)7(8)9/h2,4,6H,3,5H2,1H3,(H3,8,9)/p+1. The van der Waals surface area contributed by atoms with Crippen LogP contribution in [0.4, 0.5) is 0 Å². The SMILES string of the molecule is CC1C=C[N+](=C(N)N)CC1. The van der Waals surface area contributed by atoms with Crippen molar-refractivity contribution in [3.05, 3.63) is 12.3 Å². The average Bonchev–Trinajstić information content (AvgIpc) is 1.88. The molecule has 0 saturated heterocycles. The summed E-state index contributed by atoms with van der Waals surface area (Å²) in [6.45, 7) is 3.13. The van der Waals surface area contributed by atoms with Crippen molar-refractivity contribution in [3.63, 3.8) is 0 Å². The van der Waals surface area contributed by atoms with E-state index in [1.54, 1.807) is 0 Å². The van der Waals surface area contributed by atoms with Crippen molar-refractivity contribution >= 4 is 5.96 Å². The smallest absolute Gasteiger partial charge is 0.291 e. The van der Waals surface area contributed by atoms with E-state index in [1.807, 2.05) is 10.8 Å². The van der Waals surface area contributed by atoms with Crippen LogP contribution in [-0.2, 0) is 0 Å². The van der Waals surface area contributed by atoms with Gasteiger partial charge in [0.2, 0.25) is 0 Å². The molecule has 56 valence electrons. The molecule has 10 heavy (non-hydrogen) atoms. The molecular weight excluding hydrogens is 126 g/mol. The zero-order chi connectivity index (χ0) is 7.56. The molecule has 0 aliphatic carbocycles. The Bertz CT molecular complexity index is 177. The van der Waals surface area contributed by atoms with E-state index in [1.165, 1.54) is 0 Å². The van der Waals surface area contributed by atoms with Crippen LogP contribution in [0.5, 0.6) is 0 Å². The number of hydrogen-bond acceptors (Lipinski definition) is 0. The van der Waals surface area contributed by atoms with Crippen LogP contribution in [0.3, 0.4) is 0 Å². The number of allylic oxidation sites excluding steroid dienone is 1. The quantitative estimate of drug-likeness (QED) is 0.362. The zero-order valence-electron chi connectivity index (χ0n) is 6.25. The third-order valence-electron chi connectivity index (χ3n) is 1.75. The molecule has 4 N–H and O–H groups in total. The Morgan fingerprint density at radius 1 is 1.60 bits per heavy atom. The van der Waals surface area contributed by atoms with E-state index in [4.69, 9.17) is 11.5 Å². The monoisotopic (exact) mass is 140 g/mol. The Hall–Kier alpha value is -0.990. The van der Waals surface area contributed by atoms with E-state index >= 15 is 0 Å². The average molecular weight is 140 g/mol. The van der Waals surface area contributed by atoms with Gasteiger partial charge in [0.05, 0.1) is 12.7 Å². The van der Waals surface area contributed by atoms with Crippen LogP contribution >= 0.6 is 0 Å². The number of hydrogen-bond donors (Lipinski definition) is 2. The van der Waals surface area contributed by atoms with Gasteiger partial charge in [0, 0.05) is 0 Å². The Balaban J connectivity index is 2.71. The van der Waals surface area contributed by atoms with Crippen LogP contribution in [0.15, 0.2) is 12.3 Å². The molecule has 3 nitrogen and oxygen atoms in total. The summed E-state index contributed by atoms with van der Waals surface area (Å²) in [5.41, 5.74) is 10.8. The molecule has 0 aromatic carbocycles. The lowest BCUT2D eigenvalue weighted by atomic mass is 10.1. The normalized spacial score (nSPS) is 24.9. The topological polar surface area (TPSA) is 55.0 Å². The summed E-state index contributed by atoms with van der Waals surface area (Å²) in [4.78, 5) is 0. The van der Waals surface area contributed by atoms with Crippen LogP contribution in [0.2, 0.25) is 0 Å². The molecule has 1 aliphatic heterocycles. The summed E-state index contributed by atoms with van der Waals surface area (Å²) < 4.78 is 1.86. The van der Waals surface area contributed by atoms with Crippen molar-refractivity contribution in [2.45, 2.75) is 13.3 Å². The summed E-state index contributed by atoms with van der Waals surface area (Å²) in [5, 5.41) is 0. The third kappa shape index (κ3) is 1.50. The first-order valence-corrected chi connectivity index (χ1v) is 3.53. The van der Waals surface area contributed by atoms with Crippen molar-refractivity contribution in [1.29, 1.82) is 0 Å². The first-order valence-electron chi connectivity index (χ1n) is 3.53. The maximum atomic E-state index is 5.38. The van der Waals surface area contributed by atoms with Gasteiger partial charge >= 0.3 is 5.96 Å². The fourth-order valence-corrected chi connectivity index (χ4v) is 0.979. The highest BCUT2D eigenvalue weighted by Gasteiger charge is 2.08. The Kier molecular flexibility index (Phi) is 1.94. The van der Waals surface area contributed by atoms with E-state index < -0.39 is 0 Å². The largest absolute Gasteiger partial charge is 0.345 e. The summed E-state index contributed by atoms with van der Waals surface area (Å²) >= 11 is 0. The van der Waals surface area contributed by atoms with Crippen LogP contribution in [0.1, 0.15) is 13.3 Å². The number of guanidine groups is 1. The number of nitrogens with two attached hydrogens (primary N) is 2. The number of rotatable bonds is 0. The third-order valence-corrected chi connectivity index (χ3v) is 1.75. The molecule has 1 aliphatic rings. The number of nitrogens with zero attached hydrogens (tertiary/aromatic N) is 1. The van der Waals surface area contributed by atoms with Crippen molar-refractivity contribution in [2.24, 2.45) is 17.4 Å². The minimum absolute atomic E-state index is 0.392. The van der Waals surface area contributed by atoms with Gasteiger partial charge in [-0.05, 0) is 18.4 Å². The Labute approximate surface area is 61.0 Å². The van der Waals surface area contributed by atoms with Crippen LogP contribution in [-0.4, -0.2) is 17.1 Å². The molecule has 0 saturated carbocycles. The molecule has 0 bridgehead atoms. The second-order valence-electron chi connectivity index (χ2n) is 2.73. The molecule has 1 heterocycles. The molecule has 1 atom stereocenters. The van der Waals surface area contributed by atoms with Crippen molar-refractivity contribution < 1.29 is 4.58 Å². The maximum Gasteiger partial charge on any atom is 0.345 e. The predicted molar refractivity (Wildman–Crippen MR) is 41.4 cm³/mol. The predicted octanol–water partition coefficient (Wildman–Crippen LogP) is -0.174. The Morgan fingerprint density at radius 3 is 2.70 bits per heavy atom. The molecule has 3 heteroatoms. The van der Waals surface area contributed by atoms with Gasteiger partial charge in [0.15, 0.2) is 0 Å². The lowest BCUT2D eigenvalue weighted by Gasteiger charge is -2.12. The van der Waals surface area contributed by atoms with Gasteiger partial charge in [-0.25, -0.2) is 4.58 Å². The van der Waals surface area contributed by atoms with E-state index in [2.05, 4.69) is 13.0 Å². The minimum Gasteiger partial charge on any atom is -0.291 e. The first-order chi connectivity index (χ1) is 4.70. The molecule has 0 amide bonds. The highest BCUT2D eigenvalue weighted by atomic mass is 15.1. The van der Waals surface area contributed by atoms with Crippen molar-refractivity contribution in [3.8, 4) is 0 Å². The maximum absolute atomic E-state index is 5.38. The minimum atomic E-state index is 0.392. The van der Waals surface area contributed by atoms with Gasteiger partial charge in [-0.2, -0.15) is 0 Å². The highest BCUT2D eigenvalue weighted by Crippen LogP contribution is 2.08. The molecule has 0 aromatic heterocycles. The summed E-state index contributed by atoms with van der Waals surface area (Å²) in [6, 6.07) is 0. The van der Waals surface area contributed by atoms with Gasteiger partial charge in [-0.3, -0.25) is 11.5 Å². The molecule has 0 fully saturated rings. The van der Waals surface area contributed by atoms with E-state index in [-0.39, 0.29) is 0 Å². The molecule has 1 unspecified atom stereocenters. The van der Waals surface area contributed by atoms with Gasteiger partial charge < -0.3 is 0 Å². The van der Waals surface area contributed by atoms with Crippen LogP contribution in [0, 0.1) is 5.92 Å². The summed E-state index contributed by atoms with van der Waals surface area (Å²) in [6.07, 6.45) is 5.20. The highest BCUT2D eigenvalue weighted by molar-refractivity contribution is 5.70. The molecule has 0 radical (unpaired) electrons. The fourth-order valence-electron chi connectivity index (χ4n) is 0.979. The zero-order valence-corrected chi connectivity index (χ0v) is 6.25. The molecule has 1 rings (SSSR count). The second-order valence-corrected chi connectivity index (χ2v) is 2.73. The van der Waals surface area contributed by atoms with Gasteiger partial charge in [0.25, 0.3) is 0 Å². The summed E-state index contributed by atoms with van der Waals surface area (Å²) in [5.74, 6) is 1.05. The van der Waals surface area contributed by atoms with E-state index in [0.29, 0.717) is 11.9 Å². The molecule has 0 aromatic rings. The molecular formula is C7H14N3+.